The van der Waals surface area contributed by atoms with Crippen LogP contribution in [0.1, 0.15) is 15.9 Å². The van der Waals surface area contributed by atoms with Gasteiger partial charge >= 0.3 is 0 Å². The van der Waals surface area contributed by atoms with Gasteiger partial charge in [0.25, 0.3) is 5.91 Å². The normalized spacial score (nSPS) is 10.1. The molecule has 0 radical (unpaired) electrons. The van der Waals surface area contributed by atoms with Crippen molar-refractivity contribution >= 4 is 23.2 Å². The number of amides is 2. The molecule has 3 rings (SSSR count). The number of rotatable bonds is 6. The van der Waals surface area contributed by atoms with E-state index >= 15 is 0 Å². The molecular weight excluding hydrogens is 342 g/mol. The highest BCUT2D eigenvalue weighted by Crippen LogP contribution is 2.22. The van der Waals surface area contributed by atoms with Crippen LogP contribution in [-0.2, 0) is 11.2 Å². The average molecular weight is 361 g/mol. The summed E-state index contributed by atoms with van der Waals surface area (Å²) in [6.07, 6.45) is 3.30. The Balaban J connectivity index is 1.68. The molecule has 0 aliphatic rings. The van der Waals surface area contributed by atoms with Gasteiger partial charge in [-0.3, -0.25) is 14.6 Å². The van der Waals surface area contributed by atoms with Gasteiger partial charge in [0.15, 0.2) is 0 Å². The molecule has 0 atom stereocenters. The van der Waals surface area contributed by atoms with Crippen LogP contribution in [0.15, 0.2) is 73.1 Å². The maximum atomic E-state index is 12.4. The van der Waals surface area contributed by atoms with Crippen LogP contribution in [-0.4, -0.2) is 23.9 Å². The summed E-state index contributed by atoms with van der Waals surface area (Å²) in [5, 5.41) is 5.64. The predicted octanol–water partition coefficient (Wildman–Crippen LogP) is 3.52. The Morgan fingerprint density at radius 2 is 1.63 bits per heavy atom. The van der Waals surface area contributed by atoms with Gasteiger partial charge in [0.05, 0.1) is 30.5 Å². The minimum Gasteiger partial charge on any atom is -0.497 e. The molecule has 2 amide bonds. The fraction of sp³-hybridized carbons (Fsp3) is 0.0952. The third-order valence-electron chi connectivity index (χ3n) is 3.90. The standard InChI is InChI=1S/C21H19N3O3/c1-27-17-10-8-15(9-11-17)13-20(25)23-18-6-2-3-7-19(18)24-21(26)16-5-4-12-22-14-16/h2-12,14H,13H2,1H3,(H,23,25)(H,24,26). The van der Waals surface area contributed by atoms with Gasteiger partial charge in [-0.2, -0.15) is 0 Å². The highest BCUT2D eigenvalue weighted by Gasteiger charge is 2.11. The van der Waals surface area contributed by atoms with Gasteiger partial charge in [0, 0.05) is 12.4 Å². The van der Waals surface area contributed by atoms with Crippen molar-refractivity contribution in [3.63, 3.8) is 0 Å². The van der Waals surface area contributed by atoms with Crippen molar-refractivity contribution in [3.05, 3.63) is 84.2 Å². The molecule has 6 nitrogen and oxygen atoms in total. The molecule has 136 valence electrons. The highest BCUT2D eigenvalue weighted by atomic mass is 16.5. The molecule has 0 unspecified atom stereocenters. The summed E-state index contributed by atoms with van der Waals surface area (Å²) in [6, 6.07) is 17.7. The number of carbonyl (C=O) groups is 2. The van der Waals surface area contributed by atoms with Gasteiger partial charge in [-0.25, -0.2) is 0 Å². The quantitative estimate of drug-likeness (QED) is 0.704. The molecule has 0 aliphatic heterocycles. The second-order valence-corrected chi connectivity index (χ2v) is 5.81. The number of nitrogens with zero attached hydrogens (tertiary/aromatic N) is 1. The topological polar surface area (TPSA) is 80.3 Å². The number of anilines is 2. The number of para-hydroxylation sites is 2. The molecule has 0 bridgehead atoms. The van der Waals surface area contributed by atoms with Gasteiger partial charge in [-0.1, -0.05) is 24.3 Å². The van der Waals surface area contributed by atoms with Crippen LogP contribution in [0, 0.1) is 0 Å². The van der Waals surface area contributed by atoms with E-state index in [-0.39, 0.29) is 18.2 Å². The summed E-state index contributed by atoms with van der Waals surface area (Å²) in [6.45, 7) is 0. The largest absolute Gasteiger partial charge is 0.497 e. The number of methoxy groups -OCH3 is 1. The van der Waals surface area contributed by atoms with E-state index in [1.807, 2.05) is 24.3 Å². The Labute approximate surface area is 157 Å². The smallest absolute Gasteiger partial charge is 0.257 e. The second kappa shape index (κ2) is 8.62. The first kappa shape index (κ1) is 18.1. The van der Waals surface area contributed by atoms with Crippen LogP contribution in [0.25, 0.3) is 0 Å². The first-order chi connectivity index (χ1) is 13.2. The number of pyridine rings is 1. The zero-order chi connectivity index (χ0) is 19.1. The Morgan fingerprint density at radius 1 is 0.926 bits per heavy atom. The lowest BCUT2D eigenvalue weighted by Crippen LogP contribution is -2.18. The Morgan fingerprint density at radius 3 is 2.26 bits per heavy atom. The number of hydrogen-bond acceptors (Lipinski definition) is 4. The van der Waals surface area contributed by atoms with Crippen LogP contribution in [0.3, 0.4) is 0 Å². The average Bonchev–Trinajstić information content (AvgIpc) is 2.70. The molecule has 6 heteroatoms. The number of hydrogen-bond donors (Lipinski definition) is 2. The van der Waals surface area contributed by atoms with E-state index in [1.165, 1.54) is 6.20 Å². The highest BCUT2D eigenvalue weighted by molar-refractivity contribution is 6.07. The van der Waals surface area contributed by atoms with E-state index in [0.29, 0.717) is 16.9 Å². The fourth-order valence-electron chi connectivity index (χ4n) is 2.52. The van der Waals surface area contributed by atoms with Crippen molar-refractivity contribution in [2.75, 3.05) is 17.7 Å². The number of carbonyl (C=O) groups excluding carboxylic acids is 2. The van der Waals surface area contributed by atoms with Crippen molar-refractivity contribution < 1.29 is 14.3 Å². The van der Waals surface area contributed by atoms with Gasteiger partial charge in [0.1, 0.15) is 5.75 Å². The molecule has 0 spiro atoms. The maximum Gasteiger partial charge on any atom is 0.257 e. The van der Waals surface area contributed by atoms with Crippen LogP contribution in [0.4, 0.5) is 11.4 Å². The predicted molar refractivity (Wildman–Crippen MR) is 104 cm³/mol. The minimum absolute atomic E-state index is 0.178. The third-order valence-corrected chi connectivity index (χ3v) is 3.90. The minimum atomic E-state index is -0.292. The Kier molecular flexibility index (Phi) is 5.79. The first-order valence-corrected chi connectivity index (χ1v) is 8.39. The summed E-state index contributed by atoms with van der Waals surface area (Å²) in [5.41, 5.74) is 2.37. The molecule has 0 aliphatic carbocycles. The SMILES string of the molecule is COc1ccc(CC(=O)Nc2ccccc2NC(=O)c2cccnc2)cc1. The summed E-state index contributed by atoms with van der Waals surface area (Å²) in [4.78, 5) is 28.6. The van der Waals surface area contributed by atoms with Crippen LogP contribution in [0.5, 0.6) is 5.75 Å². The van der Waals surface area contributed by atoms with Crippen LogP contribution < -0.4 is 15.4 Å². The molecule has 0 saturated carbocycles. The second-order valence-electron chi connectivity index (χ2n) is 5.81. The lowest BCUT2D eigenvalue weighted by atomic mass is 10.1. The van der Waals surface area contributed by atoms with E-state index < -0.39 is 0 Å². The molecule has 27 heavy (non-hydrogen) atoms. The summed E-state index contributed by atoms with van der Waals surface area (Å²) < 4.78 is 5.11. The number of ether oxygens (including phenoxy) is 1. The zero-order valence-electron chi connectivity index (χ0n) is 14.8. The van der Waals surface area contributed by atoms with Crippen LogP contribution >= 0.6 is 0 Å². The summed E-state index contributed by atoms with van der Waals surface area (Å²) in [7, 11) is 1.60. The van der Waals surface area contributed by atoms with Gasteiger partial charge < -0.3 is 15.4 Å². The lowest BCUT2D eigenvalue weighted by Gasteiger charge is -2.12. The number of aromatic nitrogens is 1. The Hall–Kier alpha value is -3.67. The lowest BCUT2D eigenvalue weighted by molar-refractivity contribution is -0.115. The van der Waals surface area contributed by atoms with E-state index in [0.717, 1.165) is 11.3 Å². The van der Waals surface area contributed by atoms with Crippen LogP contribution in [0.2, 0.25) is 0 Å². The van der Waals surface area contributed by atoms with Crippen molar-refractivity contribution in [2.24, 2.45) is 0 Å². The molecule has 1 heterocycles. The van der Waals surface area contributed by atoms with Crippen molar-refractivity contribution in [3.8, 4) is 5.75 Å². The van der Waals surface area contributed by atoms with Gasteiger partial charge in [-0.15, -0.1) is 0 Å². The van der Waals surface area contributed by atoms with Crippen molar-refractivity contribution in [2.45, 2.75) is 6.42 Å². The molecule has 2 aromatic carbocycles. The molecule has 2 N–H and O–H groups in total. The van der Waals surface area contributed by atoms with Gasteiger partial charge in [0.2, 0.25) is 5.91 Å². The number of nitrogens with one attached hydrogen (secondary N) is 2. The zero-order valence-corrected chi connectivity index (χ0v) is 14.8. The van der Waals surface area contributed by atoms with E-state index in [2.05, 4.69) is 15.6 Å². The van der Waals surface area contributed by atoms with E-state index in [1.54, 1.807) is 49.7 Å². The monoisotopic (exact) mass is 361 g/mol. The van der Waals surface area contributed by atoms with E-state index in [4.69, 9.17) is 4.74 Å². The molecule has 0 saturated heterocycles. The maximum absolute atomic E-state index is 12.4. The summed E-state index contributed by atoms with van der Waals surface area (Å²) >= 11 is 0. The Bertz CT molecular complexity index is 925. The first-order valence-electron chi connectivity index (χ1n) is 8.39. The molecule has 0 fully saturated rings. The van der Waals surface area contributed by atoms with Crippen molar-refractivity contribution in [1.29, 1.82) is 0 Å². The number of benzene rings is 2. The summed E-state index contributed by atoms with van der Waals surface area (Å²) in [5.74, 6) is 0.269. The van der Waals surface area contributed by atoms with Gasteiger partial charge in [-0.05, 0) is 42.0 Å². The molecular formula is C21H19N3O3. The molecule has 1 aromatic heterocycles. The van der Waals surface area contributed by atoms with Crippen molar-refractivity contribution in [1.82, 2.24) is 4.98 Å². The molecule has 3 aromatic rings. The third kappa shape index (κ3) is 4.92. The van der Waals surface area contributed by atoms with E-state index in [9.17, 15) is 9.59 Å². The fourth-order valence-corrected chi connectivity index (χ4v) is 2.52.